The van der Waals surface area contributed by atoms with Crippen molar-refractivity contribution in [1.29, 1.82) is 0 Å². The van der Waals surface area contributed by atoms with Crippen molar-refractivity contribution in [3.63, 3.8) is 0 Å². The monoisotopic (exact) mass is 265 g/mol. The van der Waals surface area contributed by atoms with Crippen LogP contribution in [0.25, 0.3) is 0 Å². The topological polar surface area (TPSA) is 21.3 Å². The maximum absolute atomic E-state index is 13.8. The molecule has 0 bridgehead atoms. The number of hydrogen-bond donors (Lipinski definition) is 1. The molecule has 19 heavy (non-hydrogen) atoms. The van der Waals surface area contributed by atoms with Crippen LogP contribution >= 0.6 is 0 Å². The van der Waals surface area contributed by atoms with Crippen molar-refractivity contribution in [2.24, 2.45) is 11.8 Å². The van der Waals surface area contributed by atoms with Gasteiger partial charge in [0, 0.05) is 17.8 Å². The van der Waals surface area contributed by atoms with E-state index in [4.69, 9.17) is 4.74 Å². The van der Waals surface area contributed by atoms with E-state index in [1.54, 1.807) is 6.07 Å². The van der Waals surface area contributed by atoms with Gasteiger partial charge >= 0.3 is 0 Å². The van der Waals surface area contributed by atoms with E-state index >= 15 is 0 Å². The molecule has 1 aliphatic rings. The highest BCUT2D eigenvalue weighted by Gasteiger charge is 2.25. The zero-order valence-corrected chi connectivity index (χ0v) is 12.1. The van der Waals surface area contributed by atoms with Gasteiger partial charge < -0.3 is 10.1 Å². The maximum Gasteiger partial charge on any atom is 0.167 e. The highest BCUT2D eigenvalue weighted by Crippen LogP contribution is 2.31. The van der Waals surface area contributed by atoms with Crippen LogP contribution in [0.1, 0.15) is 40.0 Å². The van der Waals surface area contributed by atoms with E-state index in [0.29, 0.717) is 24.3 Å². The first-order chi connectivity index (χ1) is 9.10. The average molecular weight is 265 g/mol. The molecule has 0 amide bonds. The second-order valence-corrected chi connectivity index (χ2v) is 5.72. The lowest BCUT2D eigenvalue weighted by Gasteiger charge is -2.34. The zero-order valence-electron chi connectivity index (χ0n) is 12.1. The smallest absolute Gasteiger partial charge is 0.167 e. The van der Waals surface area contributed by atoms with Crippen molar-refractivity contribution >= 4 is 5.69 Å². The SMILES string of the molecule is CCOc1ccc(NC2CC(C)CCC2C)cc1F. The molecule has 2 nitrogen and oxygen atoms in total. The number of halogens is 1. The van der Waals surface area contributed by atoms with E-state index in [1.165, 1.54) is 18.9 Å². The molecule has 1 N–H and O–H groups in total. The Labute approximate surface area is 115 Å². The molecular weight excluding hydrogens is 241 g/mol. The number of hydrogen-bond acceptors (Lipinski definition) is 2. The van der Waals surface area contributed by atoms with Gasteiger partial charge in [-0.2, -0.15) is 0 Å². The van der Waals surface area contributed by atoms with Gasteiger partial charge in [-0.3, -0.25) is 0 Å². The van der Waals surface area contributed by atoms with Gasteiger partial charge in [-0.25, -0.2) is 4.39 Å². The van der Waals surface area contributed by atoms with Crippen molar-refractivity contribution in [2.45, 2.75) is 46.1 Å². The molecule has 0 spiro atoms. The van der Waals surface area contributed by atoms with Crippen LogP contribution in [-0.2, 0) is 0 Å². The first kappa shape index (κ1) is 14.2. The summed E-state index contributed by atoms with van der Waals surface area (Å²) in [7, 11) is 0. The predicted molar refractivity (Wildman–Crippen MR) is 77.2 cm³/mol. The number of nitrogens with one attached hydrogen (secondary N) is 1. The van der Waals surface area contributed by atoms with Crippen LogP contribution < -0.4 is 10.1 Å². The van der Waals surface area contributed by atoms with Crippen molar-refractivity contribution in [3.8, 4) is 5.75 Å². The first-order valence-corrected chi connectivity index (χ1v) is 7.29. The summed E-state index contributed by atoms with van der Waals surface area (Å²) in [4.78, 5) is 0. The number of ether oxygens (including phenoxy) is 1. The molecule has 3 unspecified atom stereocenters. The fourth-order valence-corrected chi connectivity index (χ4v) is 2.81. The molecule has 2 rings (SSSR count). The van der Waals surface area contributed by atoms with Gasteiger partial charge in [-0.15, -0.1) is 0 Å². The van der Waals surface area contributed by atoms with Crippen molar-refractivity contribution in [2.75, 3.05) is 11.9 Å². The third-order valence-corrected chi connectivity index (χ3v) is 4.04. The Kier molecular flexibility index (Phi) is 4.67. The van der Waals surface area contributed by atoms with Crippen molar-refractivity contribution in [3.05, 3.63) is 24.0 Å². The summed E-state index contributed by atoms with van der Waals surface area (Å²) in [6.07, 6.45) is 3.71. The van der Waals surface area contributed by atoms with Gasteiger partial charge in [0.25, 0.3) is 0 Å². The summed E-state index contributed by atoms with van der Waals surface area (Å²) < 4.78 is 19.0. The second-order valence-electron chi connectivity index (χ2n) is 5.72. The lowest BCUT2D eigenvalue weighted by Crippen LogP contribution is -2.33. The largest absolute Gasteiger partial charge is 0.491 e. The number of benzene rings is 1. The summed E-state index contributed by atoms with van der Waals surface area (Å²) in [6.45, 7) is 6.91. The minimum Gasteiger partial charge on any atom is -0.491 e. The van der Waals surface area contributed by atoms with Crippen LogP contribution in [0.3, 0.4) is 0 Å². The van der Waals surface area contributed by atoms with Crippen LogP contribution in [0.5, 0.6) is 5.75 Å². The van der Waals surface area contributed by atoms with E-state index in [-0.39, 0.29) is 5.82 Å². The van der Waals surface area contributed by atoms with E-state index in [9.17, 15) is 4.39 Å². The zero-order chi connectivity index (χ0) is 13.8. The third kappa shape index (κ3) is 3.62. The van der Waals surface area contributed by atoms with E-state index in [0.717, 1.165) is 18.0 Å². The Morgan fingerprint density at radius 3 is 2.79 bits per heavy atom. The van der Waals surface area contributed by atoms with E-state index in [2.05, 4.69) is 19.2 Å². The third-order valence-electron chi connectivity index (χ3n) is 4.04. The summed E-state index contributed by atoms with van der Waals surface area (Å²) in [5.74, 6) is 1.44. The Balaban J connectivity index is 2.04. The Morgan fingerprint density at radius 2 is 2.11 bits per heavy atom. The molecule has 3 heteroatoms. The van der Waals surface area contributed by atoms with Crippen LogP contribution in [0.2, 0.25) is 0 Å². The molecule has 0 radical (unpaired) electrons. The fourth-order valence-electron chi connectivity index (χ4n) is 2.81. The predicted octanol–water partition coefficient (Wildman–Crippen LogP) is 4.46. The summed E-state index contributed by atoms with van der Waals surface area (Å²) in [6, 6.07) is 5.59. The quantitative estimate of drug-likeness (QED) is 0.867. The van der Waals surface area contributed by atoms with Gasteiger partial charge in [0.15, 0.2) is 11.6 Å². The summed E-state index contributed by atoms with van der Waals surface area (Å²) in [5.41, 5.74) is 0.854. The fraction of sp³-hybridized carbons (Fsp3) is 0.625. The normalized spacial score (nSPS) is 27.1. The molecule has 1 aromatic carbocycles. The highest BCUT2D eigenvalue weighted by molar-refractivity contribution is 5.48. The van der Waals surface area contributed by atoms with E-state index < -0.39 is 0 Å². The van der Waals surface area contributed by atoms with Gasteiger partial charge in [0.1, 0.15) is 0 Å². The minimum absolute atomic E-state index is 0.289. The summed E-state index contributed by atoms with van der Waals surface area (Å²) >= 11 is 0. The van der Waals surface area contributed by atoms with Crippen LogP contribution in [0, 0.1) is 17.7 Å². The first-order valence-electron chi connectivity index (χ1n) is 7.29. The van der Waals surface area contributed by atoms with Crippen molar-refractivity contribution in [1.82, 2.24) is 0 Å². The molecule has 1 saturated carbocycles. The standard InChI is InChI=1S/C16H24FNO/c1-4-19-16-8-7-13(10-14(16)17)18-15-9-11(2)5-6-12(15)3/h7-8,10-12,15,18H,4-6,9H2,1-3H3. The van der Waals surface area contributed by atoms with Gasteiger partial charge in [0.2, 0.25) is 0 Å². The number of anilines is 1. The number of rotatable bonds is 4. The molecule has 106 valence electrons. The van der Waals surface area contributed by atoms with Gasteiger partial charge in [-0.05, 0) is 43.7 Å². The Bertz CT molecular complexity index is 421. The molecule has 0 aromatic heterocycles. The molecule has 1 fully saturated rings. The Hall–Kier alpha value is -1.25. The van der Waals surface area contributed by atoms with Gasteiger partial charge in [-0.1, -0.05) is 20.3 Å². The molecular formula is C16H24FNO. The van der Waals surface area contributed by atoms with Crippen LogP contribution in [0.15, 0.2) is 18.2 Å². The van der Waals surface area contributed by atoms with Crippen LogP contribution in [-0.4, -0.2) is 12.6 Å². The molecule has 0 heterocycles. The Morgan fingerprint density at radius 1 is 1.32 bits per heavy atom. The molecule has 3 atom stereocenters. The minimum atomic E-state index is -0.289. The van der Waals surface area contributed by atoms with Crippen LogP contribution in [0.4, 0.5) is 10.1 Å². The molecule has 1 aromatic rings. The average Bonchev–Trinajstić information content (AvgIpc) is 2.37. The summed E-state index contributed by atoms with van der Waals surface area (Å²) in [5, 5.41) is 3.48. The molecule has 0 saturated heterocycles. The second kappa shape index (κ2) is 6.27. The van der Waals surface area contributed by atoms with Crippen molar-refractivity contribution < 1.29 is 9.13 Å². The highest BCUT2D eigenvalue weighted by atomic mass is 19.1. The maximum atomic E-state index is 13.8. The lowest BCUT2D eigenvalue weighted by molar-refractivity contribution is 0.280. The molecule has 1 aliphatic carbocycles. The lowest BCUT2D eigenvalue weighted by atomic mass is 9.80. The molecule has 0 aliphatic heterocycles. The van der Waals surface area contributed by atoms with E-state index in [1.807, 2.05) is 13.0 Å². The van der Waals surface area contributed by atoms with Gasteiger partial charge in [0.05, 0.1) is 6.61 Å².